The van der Waals surface area contributed by atoms with Crippen LogP contribution in [0.5, 0.6) is 5.75 Å². The summed E-state index contributed by atoms with van der Waals surface area (Å²) in [5.41, 5.74) is 9.75. The molecule has 0 saturated heterocycles. The van der Waals surface area contributed by atoms with Gasteiger partial charge in [-0.15, -0.1) is 10.2 Å². The van der Waals surface area contributed by atoms with Gasteiger partial charge in [0.2, 0.25) is 5.16 Å². The number of aromatic nitrogens is 3. The number of benzene rings is 3. The third-order valence-corrected chi connectivity index (χ3v) is 5.45. The quantitative estimate of drug-likeness (QED) is 0.269. The standard InChI is InChI=1S/C23H21N5OS/c1-29-19-13-11-17(12-14-19)15-25-28-22(20-9-5-6-10-21(20)24)26-27-23(28)30-16-18-7-3-2-4-8-18/h2-15H,16,24H2,1H3/b25-15+. The number of nitrogen functional groups attached to an aromatic ring is 1. The number of anilines is 1. The predicted octanol–water partition coefficient (Wildman–Crippen LogP) is 4.71. The van der Waals surface area contributed by atoms with Crippen molar-refractivity contribution >= 4 is 23.7 Å². The van der Waals surface area contributed by atoms with Crippen molar-refractivity contribution in [2.45, 2.75) is 10.9 Å². The highest BCUT2D eigenvalue weighted by Crippen LogP contribution is 2.29. The molecule has 0 radical (unpaired) electrons. The number of ether oxygens (including phenoxy) is 1. The molecule has 0 saturated carbocycles. The number of nitrogens with zero attached hydrogens (tertiary/aromatic N) is 4. The number of methoxy groups -OCH3 is 1. The van der Waals surface area contributed by atoms with E-state index in [1.165, 1.54) is 5.56 Å². The highest BCUT2D eigenvalue weighted by atomic mass is 32.2. The second-order valence-corrected chi connectivity index (χ2v) is 7.44. The number of hydrogen-bond acceptors (Lipinski definition) is 6. The van der Waals surface area contributed by atoms with Crippen LogP contribution in [0.2, 0.25) is 0 Å². The van der Waals surface area contributed by atoms with Crippen LogP contribution in [-0.2, 0) is 5.75 Å². The van der Waals surface area contributed by atoms with Gasteiger partial charge in [-0.1, -0.05) is 54.2 Å². The van der Waals surface area contributed by atoms with Crippen molar-refractivity contribution in [3.8, 4) is 17.1 Å². The molecule has 0 unspecified atom stereocenters. The summed E-state index contributed by atoms with van der Waals surface area (Å²) in [6, 6.07) is 25.5. The van der Waals surface area contributed by atoms with Crippen LogP contribution in [0, 0.1) is 0 Å². The van der Waals surface area contributed by atoms with E-state index in [0.717, 1.165) is 22.6 Å². The highest BCUT2D eigenvalue weighted by Gasteiger charge is 2.16. The van der Waals surface area contributed by atoms with Crippen LogP contribution < -0.4 is 10.5 Å². The minimum atomic E-state index is 0.605. The van der Waals surface area contributed by atoms with Gasteiger partial charge >= 0.3 is 0 Å². The summed E-state index contributed by atoms with van der Waals surface area (Å²) in [6.07, 6.45) is 1.78. The molecule has 0 atom stereocenters. The largest absolute Gasteiger partial charge is 0.497 e. The molecular weight excluding hydrogens is 394 g/mol. The number of thioether (sulfide) groups is 1. The Morgan fingerprint density at radius 1 is 0.967 bits per heavy atom. The lowest BCUT2D eigenvalue weighted by molar-refractivity contribution is 0.415. The molecule has 3 aromatic carbocycles. The smallest absolute Gasteiger partial charge is 0.212 e. The lowest BCUT2D eigenvalue weighted by Gasteiger charge is -2.07. The van der Waals surface area contributed by atoms with Gasteiger partial charge in [0.15, 0.2) is 5.82 Å². The van der Waals surface area contributed by atoms with E-state index >= 15 is 0 Å². The summed E-state index contributed by atoms with van der Waals surface area (Å²) in [7, 11) is 1.65. The van der Waals surface area contributed by atoms with Crippen molar-refractivity contribution in [2.75, 3.05) is 12.8 Å². The molecule has 0 aliphatic rings. The monoisotopic (exact) mass is 415 g/mol. The Morgan fingerprint density at radius 2 is 1.70 bits per heavy atom. The molecule has 0 fully saturated rings. The van der Waals surface area contributed by atoms with Crippen molar-refractivity contribution in [3.63, 3.8) is 0 Å². The Morgan fingerprint density at radius 3 is 2.43 bits per heavy atom. The van der Waals surface area contributed by atoms with Crippen LogP contribution in [0.25, 0.3) is 11.4 Å². The zero-order chi connectivity index (χ0) is 20.8. The second kappa shape index (κ2) is 9.28. The zero-order valence-electron chi connectivity index (χ0n) is 16.5. The van der Waals surface area contributed by atoms with E-state index in [1.54, 1.807) is 29.8 Å². The number of nitrogens with two attached hydrogens (primary N) is 1. The Bertz CT molecular complexity index is 1140. The molecule has 1 heterocycles. The summed E-state index contributed by atoms with van der Waals surface area (Å²) in [5, 5.41) is 14.1. The van der Waals surface area contributed by atoms with Gasteiger partial charge in [0.05, 0.1) is 13.3 Å². The number of para-hydroxylation sites is 1. The van der Waals surface area contributed by atoms with E-state index in [4.69, 9.17) is 10.5 Å². The number of hydrogen-bond donors (Lipinski definition) is 1. The zero-order valence-corrected chi connectivity index (χ0v) is 17.3. The molecule has 0 aliphatic heterocycles. The molecule has 7 heteroatoms. The van der Waals surface area contributed by atoms with E-state index < -0.39 is 0 Å². The fourth-order valence-electron chi connectivity index (χ4n) is 2.86. The van der Waals surface area contributed by atoms with Crippen LogP contribution in [0.3, 0.4) is 0 Å². The normalized spacial score (nSPS) is 11.1. The third kappa shape index (κ3) is 4.52. The fraction of sp³-hybridized carbons (Fsp3) is 0.0870. The Kier molecular flexibility index (Phi) is 6.10. The lowest BCUT2D eigenvalue weighted by Crippen LogP contribution is -1.99. The molecule has 4 rings (SSSR count). The maximum Gasteiger partial charge on any atom is 0.212 e. The van der Waals surface area contributed by atoms with Gasteiger partial charge in [-0.2, -0.15) is 9.78 Å². The summed E-state index contributed by atoms with van der Waals surface area (Å²) in [6.45, 7) is 0. The predicted molar refractivity (Wildman–Crippen MR) is 122 cm³/mol. The Hall–Kier alpha value is -3.58. The van der Waals surface area contributed by atoms with Gasteiger partial charge in [-0.05, 0) is 47.5 Å². The molecule has 150 valence electrons. The molecule has 0 spiro atoms. The van der Waals surface area contributed by atoms with Gasteiger partial charge in [-0.25, -0.2) is 0 Å². The first-order chi connectivity index (χ1) is 14.7. The van der Waals surface area contributed by atoms with E-state index in [1.807, 2.05) is 66.7 Å². The molecular formula is C23H21N5OS. The van der Waals surface area contributed by atoms with E-state index in [-0.39, 0.29) is 0 Å². The van der Waals surface area contributed by atoms with Crippen molar-refractivity contribution in [2.24, 2.45) is 5.10 Å². The van der Waals surface area contributed by atoms with Crippen molar-refractivity contribution in [3.05, 3.63) is 90.0 Å². The first-order valence-corrected chi connectivity index (χ1v) is 10.4. The van der Waals surface area contributed by atoms with Gasteiger partial charge in [0, 0.05) is 17.0 Å². The summed E-state index contributed by atoms with van der Waals surface area (Å²) in [5.74, 6) is 2.17. The van der Waals surface area contributed by atoms with Crippen LogP contribution in [-0.4, -0.2) is 28.2 Å². The van der Waals surface area contributed by atoms with Gasteiger partial charge in [0.25, 0.3) is 0 Å². The minimum Gasteiger partial charge on any atom is -0.497 e. The van der Waals surface area contributed by atoms with Crippen molar-refractivity contribution in [1.82, 2.24) is 14.9 Å². The maximum absolute atomic E-state index is 6.18. The average molecular weight is 416 g/mol. The van der Waals surface area contributed by atoms with Gasteiger partial charge in [-0.3, -0.25) is 0 Å². The molecule has 6 nitrogen and oxygen atoms in total. The number of rotatable bonds is 7. The Labute approximate surface area is 179 Å². The first kappa shape index (κ1) is 19.7. The van der Waals surface area contributed by atoms with Crippen LogP contribution in [0.15, 0.2) is 89.1 Å². The molecule has 30 heavy (non-hydrogen) atoms. The second-order valence-electron chi connectivity index (χ2n) is 6.50. The fourth-order valence-corrected chi connectivity index (χ4v) is 3.71. The maximum atomic E-state index is 6.18. The summed E-state index contributed by atoms with van der Waals surface area (Å²) in [4.78, 5) is 0. The molecule has 0 bridgehead atoms. The molecule has 4 aromatic rings. The lowest BCUT2D eigenvalue weighted by atomic mass is 10.2. The van der Waals surface area contributed by atoms with E-state index in [0.29, 0.717) is 16.7 Å². The van der Waals surface area contributed by atoms with Crippen LogP contribution in [0.1, 0.15) is 11.1 Å². The molecule has 0 amide bonds. The Balaban J connectivity index is 1.67. The molecule has 0 aliphatic carbocycles. The topological polar surface area (TPSA) is 78.3 Å². The van der Waals surface area contributed by atoms with Gasteiger partial charge in [0.1, 0.15) is 5.75 Å². The summed E-state index contributed by atoms with van der Waals surface area (Å²) < 4.78 is 6.96. The van der Waals surface area contributed by atoms with E-state index in [9.17, 15) is 0 Å². The first-order valence-electron chi connectivity index (χ1n) is 9.40. The average Bonchev–Trinajstić information content (AvgIpc) is 3.20. The minimum absolute atomic E-state index is 0.605. The third-order valence-electron chi connectivity index (χ3n) is 4.46. The molecule has 1 aromatic heterocycles. The van der Waals surface area contributed by atoms with Crippen molar-refractivity contribution in [1.29, 1.82) is 0 Å². The van der Waals surface area contributed by atoms with Crippen LogP contribution >= 0.6 is 11.8 Å². The van der Waals surface area contributed by atoms with E-state index in [2.05, 4.69) is 27.4 Å². The highest BCUT2D eigenvalue weighted by molar-refractivity contribution is 7.98. The summed E-state index contributed by atoms with van der Waals surface area (Å²) >= 11 is 1.58. The van der Waals surface area contributed by atoms with Gasteiger partial charge < -0.3 is 10.5 Å². The SMILES string of the molecule is COc1ccc(/C=N/n2c(SCc3ccccc3)nnc2-c2ccccc2N)cc1. The molecule has 2 N–H and O–H groups in total. The van der Waals surface area contributed by atoms with Crippen LogP contribution in [0.4, 0.5) is 5.69 Å². The van der Waals surface area contributed by atoms with Crippen molar-refractivity contribution < 1.29 is 4.74 Å².